The number of ketones is 1. The topological polar surface area (TPSA) is 77.5 Å². The molecule has 20 heavy (non-hydrogen) atoms. The second-order valence-corrected chi connectivity index (χ2v) is 5.53. The summed E-state index contributed by atoms with van der Waals surface area (Å²) in [7, 11) is 0. The van der Waals surface area contributed by atoms with Crippen LogP contribution in [-0.2, 0) is 9.47 Å². The smallest absolute Gasteiger partial charge is 0.358 e. The first-order valence-electron chi connectivity index (χ1n) is 6.65. The predicted molar refractivity (Wildman–Crippen MR) is 75.5 cm³/mol. The molecule has 0 saturated carbocycles. The summed E-state index contributed by atoms with van der Waals surface area (Å²) in [5.74, 6) is -0.736. The van der Waals surface area contributed by atoms with Crippen LogP contribution in [0.25, 0.3) is 0 Å². The van der Waals surface area contributed by atoms with E-state index >= 15 is 0 Å². The molecule has 7 heteroatoms. The van der Waals surface area contributed by atoms with Crippen molar-refractivity contribution in [3.8, 4) is 0 Å². The third-order valence-electron chi connectivity index (χ3n) is 2.90. The summed E-state index contributed by atoms with van der Waals surface area (Å²) in [5, 5.41) is 3.78. The van der Waals surface area contributed by atoms with Crippen LogP contribution in [0.15, 0.2) is 0 Å². The lowest BCUT2D eigenvalue weighted by molar-refractivity contribution is 0.0517. The van der Waals surface area contributed by atoms with E-state index in [0.29, 0.717) is 16.6 Å². The molecule has 1 saturated heterocycles. The standard InChI is InChI=1S/C13H18N2O4S/c1-3-19-12(17)10-11(8(2)16)20-13(15-10)14-9-5-4-6-18-7-9/h9H,3-7H2,1-2H3,(H,14,15). The molecule has 0 bridgehead atoms. The highest BCUT2D eigenvalue weighted by Gasteiger charge is 2.23. The number of thiazole rings is 1. The minimum Gasteiger partial charge on any atom is -0.461 e. The molecule has 1 aromatic heterocycles. The Bertz CT molecular complexity index is 495. The maximum absolute atomic E-state index is 11.8. The van der Waals surface area contributed by atoms with Gasteiger partial charge < -0.3 is 14.8 Å². The zero-order valence-electron chi connectivity index (χ0n) is 11.6. The quantitative estimate of drug-likeness (QED) is 0.662. The molecule has 1 unspecified atom stereocenters. The van der Waals surface area contributed by atoms with Crippen LogP contribution in [0.1, 0.15) is 46.8 Å². The molecule has 0 radical (unpaired) electrons. The molecule has 110 valence electrons. The Morgan fingerprint density at radius 1 is 1.55 bits per heavy atom. The Kier molecular flexibility index (Phi) is 5.08. The number of esters is 1. The summed E-state index contributed by atoms with van der Waals surface area (Å²) in [6, 6.07) is 0.171. The molecule has 0 aliphatic carbocycles. The van der Waals surface area contributed by atoms with Crippen molar-refractivity contribution >= 4 is 28.2 Å². The summed E-state index contributed by atoms with van der Waals surface area (Å²) >= 11 is 1.19. The van der Waals surface area contributed by atoms with Gasteiger partial charge in [0.25, 0.3) is 0 Å². The summed E-state index contributed by atoms with van der Waals surface area (Å²) in [5.41, 5.74) is 0.101. The molecule has 1 fully saturated rings. The number of rotatable bonds is 5. The zero-order valence-corrected chi connectivity index (χ0v) is 12.4. The summed E-state index contributed by atoms with van der Waals surface area (Å²) in [6.07, 6.45) is 1.98. The van der Waals surface area contributed by atoms with Gasteiger partial charge in [0.05, 0.1) is 19.3 Å². The van der Waals surface area contributed by atoms with Gasteiger partial charge >= 0.3 is 5.97 Å². The Morgan fingerprint density at radius 2 is 2.35 bits per heavy atom. The van der Waals surface area contributed by atoms with Gasteiger partial charge in [0.1, 0.15) is 4.88 Å². The molecule has 1 aliphatic rings. The lowest BCUT2D eigenvalue weighted by atomic mass is 10.1. The molecule has 1 N–H and O–H groups in total. The number of Topliss-reactive ketones (excluding diaryl/α,β-unsaturated/α-hetero) is 1. The molecular weight excluding hydrogens is 280 g/mol. The van der Waals surface area contributed by atoms with Crippen molar-refractivity contribution in [3.63, 3.8) is 0 Å². The molecule has 6 nitrogen and oxygen atoms in total. The molecule has 1 atom stereocenters. The lowest BCUT2D eigenvalue weighted by Crippen LogP contribution is -2.29. The monoisotopic (exact) mass is 298 g/mol. The molecule has 0 amide bonds. The van der Waals surface area contributed by atoms with Crippen molar-refractivity contribution in [3.05, 3.63) is 10.6 Å². The highest BCUT2D eigenvalue weighted by Crippen LogP contribution is 2.26. The fraction of sp³-hybridized carbons (Fsp3) is 0.615. The van der Waals surface area contributed by atoms with E-state index in [2.05, 4.69) is 10.3 Å². The number of carbonyl (C=O) groups excluding carboxylic acids is 2. The molecule has 0 aromatic carbocycles. The average molecular weight is 298 g/mol. The van der Waals surface area contributed by atoms with E-state index in [-0.39, 0.29) is 24.1 Å². The van der Waals surface area contributed by atoms with Gasteiger partial charge in [-0.15, -0.1) is 0 Å². The largest absolute Gasteiger partial charge is 0.461 e. The van der Waals surface area contributed by atoms with Crippen molar-refractivity contribution in [2.24, 2.45) is 0 Å². The molecule has 2 heterocycles. The zero-order chi connectivity index (χ0) is 14.5. The second kappa shape index (κ2) is 6.81. The minimum absolute atomic E-state index is 0.101. The van der Waals surface area contributed by atoms with Gasteiger partial charge in [-0.2, -0.15) is 0 Å². The Morgan fingerprint density at radius 3 is 2.95 bits per heavy atom. The number of nitrogens with one attached hydrogen (secondary N) is 1. The van der Waals surface area contributed by atoms with Crippen LogP contribution in [0.3, 0.4) is 0 Å². The van der Waals surface area contributed by atoms with E-state index in [1.54, 1.807) is 6.92 Å². The number of aromatic nitrogens is 1. The van der Waals surface area contributed by atoms with Crippen molar-refractivity contribution in [2.45, 2.75) is 32.7 Å². The van der Waals surface area contributed by atoms with E-state index in [4.69, 9.17) is 9.47 Å². The minimum atomic E-state index is -0.554. The van der Waals surface area contributed by atoms with Crippen LogP contribution < -0.4 is 5.32 Å². The van der Waals surface area contributed by atoms with Crippen LogP contribution in [-0.4, -0.2) is 42.6 Å². The molecule has 1 aromatic rings. The molecule has 1 aliphatic heterocycles. The SMILES string of the molecule is CCOC(=O)c1nc(NC2CCCOC2)sc1C(C)=O. The van der Waals surface area contributed by atoms with Gasteiger partial charge in [0, 0.05) is 13.5 Å². The van der Waals surface area contributed by atoms with E-state index in [0.717, 1.165) is 19.4 Å². The van der Waals surface area contributed by atoms with E-state index < -0.39 is 5.97 Å². The van der Waals surface area contributed by atoms with Gasteiger partial charge in [0.15, 0.2) is 16.6 Å². The Labute approximate surface area is 121 Å². The first-order valence-corrected chi connectivity index (χ1v) is 7.46. The molecule has 0 spiro atoms. The summed E-state index contributed by atoms with van der Waals surface area (Å²) < 4.78 is 10.3. The Balaban J connectivity index is 2.15. The summed E-state index contributed by atoms with van der Waals surface area (Å²) in [4.78, 5) is 27.9. The van der Waals surface area contributed by atoms with Gasteiger partial charge in [-0.1, -0.05) is 11.3 Å². The van der Waals surface area contributed by atoms with Crippen molar-refractivity contribution in [1.29, 1.82) is 0 Å². The summed E-state index contributed by atoms with van der Waals surface area (Å²) in [6.45, 7) is 4.79. The van der Waals surface area contributed by atoms with E-state index in [1.165, 1.54) is 18.3 Å². The normalized spacial score (nSPS) is 18.6. The maximum atomic E-state index is 11.8. The fourth-order valence-corrected chi connectivity index (χ4v) is 2.91. The first kappa shape index (κ1) is 14.9. The van der Waals surface area contributed by atoms with Crippen LogP contribution in [0.2, 0.25) is 0 Å². The molecule has 2 rings (SSSR count). The number of carbonyl (C=O) groups is 2. The first-order chi connectivity index (χ1) is 9.61. The van der Waals surface area contributed by atoms with Gasteiger partial charge in [-0.3, -0.25) is 4.79 Å². The molecular formula is C13H18N2O4S. The maximum Gasteiger partial charge on any atom is 0.358 e. The number of nitrogens with zero attached hydrogens (tertiary/aromatic N) is 1. The predicted octanol–water partition coefficient (Wildman–Crippen LogP) is 2.11. The van der Waals surface area contributed by atoms with Crippen molar-refractivity contribution < 1.29 is 19.1 Å². The number of hydrogen-bond acceptors (Lipinski definition) is 7. The van der Waals surface area contributed by atoms with Crippen molar-refractivity contribution in [2.75, 3.05) is 25.1 Å². The van der Waals surface area contributed by atoms with E-state index in [9.17, 15) is 9.59 Å². The lowest BCUT2D eigenvalue weighted by Gasteiger charge is -2.22. The average Bonchev–Trinajstić information content (AvgIpc) is 2.84. The van der Waals surface area contributed by atoms with E-state index in [1.807, 2.05) is 0 Å². The van der Waals surface area contributed by atoms with Crippen LogP contribution in [0.5, 0.6) is 0 Å². The van der Waals surface area contributed by atoms with Crippen LogP contribution >= 0.6 is 11.3 Å². The highest BCUT2D eigenvalue weighted by molar-refractivity contribution is 7.17. The highest BCUT2D eigenvalue weighted by atomic mass is 32.1. The van der Waals surface area contributed by atoms with Gasteiger partial charge in [0.2, 0.25) is 0 Å². The van der Waals surface area contributed by atoms with Gasteiger partial charge in [-0.05, 0) is 19.8 Å². The van der Waals surface area contributed by atoms with Crippen molar-refractivity contribution in [1.82, 2.24) is 4.98 Å². The Hall–Kier alpha value is -1.47. The third kappa shape index (κ3) is 3.55. The van der Waals surface area contributed by atoms with Crippen LogP contribution in [0, 0.1) is 0 Å². The number of anilines is 1. The number of ether oxygens (including phenoxy) is 2. The number of hydrogen-bond donors (Lipinski definition) is 1. The fourth-order valence-electron chi connectivity index (χ4n) is 1.99. The van der Waals surface area contributed by atoms with Gasteiger partial charge in [-0.25, -0.2) is 9.78 Å². The second-order valence-electron chi connectivity index (χ2n) is 4.53. The third-order valence-corrected chi connectivity index (χ3v) is 3.99. The van der Waals surface area contributed by atoms with Crippen LogP contribution in [0.4, 0.5) is 5.13 Å².